The average molecular weight is 868 g/mol. The van der Waals surface area contributed by atoms with Gasteiger partial charge in [-0.15, -0.1) is 0 Å². The summed E-state index contributed by atoms with van der Waals surface area (Å²) in [7, 11) is 0. The molecular formula is C63H41N5. The minimum Gasteiger partial charge on any atom is -0.308 e. The van der Waals surface area contributed by atoms with E-state index in [2.05, 4.69) is 221 Å². The van der Waals surface area contributed by atoms with E-state index in [1.807, 2.05) is 36.4 Å². The molecule has 13 rings (SSSR count). The van der Waals surface area contributed by atoms with E-state index in [0.717, 1.165) is 83.0 Å². The summed E-state index contributed by atoms with van der Waals surface area (Å²) in [4.78, 5) is 15.6. The molecular weight excluding hydrogens is 827 g/mol. The van der Waals surface area contributed by atoms with Gasteiger partial charge in [-0.05, 0) is 81.4 Å². The Morgan fingerprint density at radius 1 is 0.265 bits per heavy atom. The van der Waals surface area contributed by atoms with Crippen LogP contribution >= 0.6 is 0 Å². The summed E-state index contributed by atoms with van der Waals surface area (Å²) < 4.78 is 4.74. The van der Waals surface area contributed by atoms with Gasteiger partial charge in [0, 0.05) is 38.2 Å². The summed E-state index contributed by atoms with van der Waals surface area (Å²) in [6.45, 7) is 0. The summed E-state index contributed by atoms with van der Waals surface area (Å²) in [6, 6.07) is 88.5. The highest BCUT2D eigenvalue weighted by Crippen LogP contribution is 2.45. The number of fused-ring (bicyclic) bond motifs is 7. The summed E-state index contributed by atoms with van der Waals surface area (Å²) in [5.41, 5.74) is 16.4. The van der Waals surface area contributed by atoms with Gasteiger partial charge in [0.05, 0.1) is 27.8 Å². The summed E-state index contributed by atoms with van der Waals surface area (Å²) in [5.74, 6) is 1.79. The average Bonchev–Trinajstić information content (AvgIpc) is 3.95. The summed E-state index contributed by atoms with van der Waals surface area (Å²) >= 11 is 0. The molecule has 0 aliphatic rings. The molecule has 0 atom stereocenters. The molecule has 0 aliphatic heterocycles. The van der Waals surface area contributed by atoms with Gasteiger partial charge in [-0.2, -0.15) is 9.97 Å². The zero-order valence-corrected chi connectivity index (χ0v) is 36.9. The largest absolute Gasteiger partial charge is 0.308 e. The molecule has 13 aromatic rings. The van der Waals surface area contributed by atoms with Crippen molar-refractivity contribution >= 4 is 43.6 Å². The Labute approximate surface area is 393 Å². The summed E-state index contributed by atoms with van der Waals surface area (Å²) in [5, 5.41) is 4.58. The molecule has 3 heterocycles. The van der Waals surface area contributed by atoms with Crippen molar-refractivity contribution in [1.82, 2.24) is 24.1 Å². The molecule has 0 saturated carbocycles. The molecule has 68 heavy (non-hydrogen) atoms. The van der Waals surface area contributed by atoms with Crippen LogP contribution < -0.4 is 0 Å². The van der Waals surface area contributed by atoms with Crippen molar-refractivity contribution < 1.29 is 0 Å². The SMILES string of the molecule is c1ccc(-c2cc(-c3ccccc3)cc(-c3ccc(-c4ccccc4)cc3-n3c4ccccc4c4ccc5c(c6ccccc6n5-c5nc(-c6ccccc6)nc(-c6ccccc6)n5)c43)c2)cc1. The van der Waals surface area contributed by atoms with E-state index < -0.39 is 0 Å². The number of rotatable bonds is 8. The van der Waals surface area contributed by atoms with Crippen LogP contribution in [-0.2, 0) is 0 Å². The molecule has 5 heteroatoms. The zero-order valence-electron chi connectivity index (χ0n) is 36.9. The van der Waals surface area contributed by atoms with Crippen molar-refractivity contribution in [3.8, 4) is 78.9 Å². The highest BCUT2D eigenvalue weighted by atomic mass is 15.2. The van der Waals surface area contributed by atoms with Crippen LogP contribution in [0.4, 0.5) is 0 Å². The van der Waals surface area contributed by atoms with E-state index in [1.54, 1.807) is 0 Å². The Morgan fingerprint density at radius 2 is 0.721 bits per heavy atom. The highest BCUT2D eigenvalue weighted by Gasteiger charge is 2.25. The second-order valence-corrected chi connectivity index (χ2v) is 17.2. The summed E-state index contributed by atoms with van der Waals surface area (Å²) in [6.07, 6.45) is 0. The number of para-hydroxylation sites is 2. The minimum absolute atomic E-state index is 0.559. The first-order chi connectivity index (χ1) is 33.7. The molecule has 0 amide bonds. The Hall–Kier alpha value is -9.19. The molecule has 0 radical (unpaired) electrons. The van der Waals surface area contributed by atoms with E-state index in [1.165, 1.54) is 21.9 Å². The molecule has 0 N–H and O–H groups in total. The normalized spacial score (nSPS) is 11.5. The maximum absolute atomic E-state index is 5.27. The standard InChI is InChI=1S/C63H41N5/c1-6-20-42(21-7-1)47-34-35-51(50-39-48(43-22-8-2-9-23-43)38-49(40-50)44-24-10-3-11-25-44)58(41-47)67-55-32-18-16-30-52(55)53-36-37-57-59(60(53)67)54-31-17-19-33-56(54)68(57)63-65-61(45-26-12-4-13-27-45)64-62(66-63)46-28-14-5-15-29-46/h1-41H. The van der Waals surface area contributed by atoms with E-state index in [-0.39, 0.29) is 0 Å². The molecule has 0 saturated heterocycles. The first kappa shape index (κ1) is 39.2. The van der Waals surface area contributed by atoms with Crippen LogP contribution in [0.3, 0.4) is 0 Å². The lowest BCUT2D eigenvalue weighted by atomic mass is 9.91. The van der Waals surface area contributed by atoms with Crippen LogP contribution in [0.5, 0.6) is 0 Å². The van der Waals surface area contributed by atoms with Crippen LogP contribution in [0.1, 0.15) is 0 Å². The Bertz CT molecular complexity index is 3880. The highest BCUT2D eigenvalue weighted by molar-refractivity contribution is 6.26. The number of hydrogen-bond donors (Lipinski definition) is 0. The van der Waals surface area contributed by atoms with E-state index >= 15 is 0 Å². The van der Waals surface area contributed by atoms with Crippen molar-refractivity contribution in [2.24, 2.45) is 0 Å². The van der Waals surface area contributed by atoms with Crippen LogP contribution in [0, 0.1) is 0 Å². The van der Waals surface area contributed by atoms with Gasteiger partial charge in [-0.3, -0.25) is 4.57 Å². The molecule has 0 unspecified atom stereocenters. The maximum atomic E-state index is 5.27. The number of benzene rings is 10. The van der Waals surface area contributed by atoms with E-state index in [0.29, 0.717) is 17.6 Å². The van der Waals surface area contributed by atoms with Crippen molar-refractivity contribution in [3.05, 3.63) is 249 Å². The van der Waals surface area contributed by atoms with E-state index in [4.69, 9.17) is 15.0 Å². The van der Waals surface area contributed by atoms with Gasteiger partial charge in [0.2, 0.25) is 5.95 Å². The van der Waals surface area contributed by atoms with Crippen LogP contribution in [-0.4, -0.2) is 24.1 Å². The monoisotopic (exact) mass is 867 g/mol. The van der Waals surface area contributed by atoms with E-state index in [9.17, 15) is 0 Å². The second kappa shape index (κ2) is 16.4. The fourth-order valence-corrected chi connectivity index (χ4v) is 10.0. The minimum atomic E-state index is 0.559. The smallest absolute Gasteiger partial charge is 0.238 e. The molecule has 0 spiro atoms. The number of aromatic nitrogens is 5. The first-order valence-corrected chi connectivity index (χ1v) is 23.0. The van der Waals surface area contributed by atoms with Crippen molar-refractivity contribution in [2.45, 2.75) is 0 Å². The van der Waals surface area contributed by atoms with Gasteiger partial charge in [0.25, 0.3) is 0 Å². The van der Waals surface area contributed by atoms with Gasteiger partial charge >= 0.3 is 0 Å². The van der Waals surface area contributed by atoms with Crippen LogP contribution in [0.15, 0.2) is 249 Å². The van der Waals surface area contributed by atoms with Crippen LogP contribution in [0.2, 0.25) is 0 Å². The lowest BCUT2D eigenvalue weighted by Crippen LogP contribution is -2.06. The van der Waals surface area contributed by atoms with Crippen molar-refractivity contribution in [3.63, 3.8) is 0 Å². The molecule has 3 aromatic heterocycles. The first-order valence-electron chi connectivity index (χ1n) is 23.0. The van der Waals surface area contributed by atoms with Crippen molar-refractivity contribution in [2.75, 3.05) is 0 Å². The Balaban J connectivity index is 1.14. The Morgan fingerprint density at radius 3 is 1.28 bits per heavy atom. The predicted octanol–water partition coefficient (Wildman–Crippen LogP) is 16.1. The van der Waals surface area contributed by atoms with Crippen molar-refractivity contribution in [1.29, 1.82) is 0 Å². The van der Waals surface area contributed by atoms with Gasteiger partial charge in [0.1, 0.15) is 0 Å². The maximum Gasteiger partial charge on any atom is 0.238 e. The Kier molecular flexibility index (Phi) is 9.43. The zero-order chi connectivity index (χ0) is 45.0. The molecule has 0 bridgehead atoms. The van der Waals surface area contributed by atoms with Gasteiger partial charge < -0.3 is 4.57 Å². The lowest BCUT2D eigenvalue weighted by molar-refractivity contribution is 0.953. The molecule has 318 valence electrons. The molecule has 10 aromatic carbocycles. The van der Waals surface area contributed by atoms with Gasteiger partial charge in [-0.1, -0.05) is 206 Å². The number of nitrogens with zero attached hydrogens (tertiary/aromatic N) is 5. The second-order valence-electron chi connectivity index (χ2n) is 17.2. The fraction of sp³-hybridized carbons (Fsp3) is 0. The van der Waals surface area contributed by atoms with Crippen LogP contribution in [0.25, 0.3) is 123 Å². The van der Waals surface area contributed by atoms with Gasteiger partial charge in [-0.25, -0.2) is 4.98 Å². The molecule has 0 fully saturated rings. The topological polar surface area (TPSA) is 48.5 Å². The third kappa shape index (κ3) is 6.68. The third-order valence-electron chi connectivity index (χ3n) is 13.2. The quantitative estimate of drug-likeness (QED) is 0.153. The third-order valence-corrected chi connectivity index (χ3v) is 13.2. The molecule has 5 nitrogen and oxygen atoms in total. The predicted molar refractivity (Wildman–Crippen MR) is 281 cm³/mol. The van der Waals surface area contributed by atoms with Gasteiger partial charge in [0.15, 0.2) is 11.6 Å². The lowest BCUT2D eigenvalue weighted by Gasteiger charge is -2.18. The number of hydrogen-bond acceptors (Lipinski definition) is 3. The molecule has 0 aliphatic carbocycles. The fourth-order valence-electron chi connectivity index (χ4n) is 10.0.